The highest BCUT2D eigenvalue weighted by molar-refractivity contribution is 5.94. The second kappa shape index (κ2) is 7.64. The molecule has 0 aromatic heterocycles. The summed E-state index contributed by atoms with van der Waals surface area (Å²) in [5, 5.41) is 2.96. The smallest absolute Gasteiger partial charge is 0.251 e. The quantitative estimate of drug-likeness (QED) is 0.880. The van der Waals surface area contributed by atoms with Gasteiger partial charge in [0.05, 0.1) is 0 Å². The number of anilines is 1. The molecule has 0 saturated heterocycles. The predicted octanol–water partition coefficient (Wildman–Crippen LogP) is 3.77. The first-order chi connectivity index (χ1) is 10.6. The van der Waals surface area contributed by atoms with Crippen molar-refractivity contribution < 1.29 is 4.79 Å². The maximum Gasteiger partial charge on any atom is 0.251 e. The summed E-state index contributed by atoms with van der Waals surface area (Å²) in [4.78, 5) is 14.4. The van der Waals surface area contributed by atoms with Gasteiger partial charge in [0.15, 0.2) is 0 Å². The highest BCUT2D eigenvalue weighted by atomic mass is 16.1. The molecule has 116 valence electrons. The topological polar surface area (TPSA) is 32.3 Å². The molecule has 0 heterocycles. The van der Waals surface area contributed by atoms with Crippen molar-refractivity contribution in [3.05, 3.63) is 65.2 Å². The van der Waals surface area contributed by atoms with Crippen molar-refractivity contribution in [3.8, 4) is 0 Å². The summed E-state index contributed by atoms with van der Waals surface area (Å²) in [6, 6.07) is 16.0. The van der Waals surface area contributed by atoms with Crippen molar-refractivity contribution in [2.24, 2.45) is 0 Å². The molecule has 0 fully saturated rings. The van der Waals surface area contributed by atoms with Crippen molar-refractivity contribution in [1.82, 2.24) is 5.32 Å². The van der Waals surface area contributed by atoms with Crippen LogP contribution in [-0.4, -0.2) is 19.0 Å². The average Bonchev–Trinajstić information content (AvgIpc) is 2.56. The molecule has 0 aliphatic heterocycles. The van der Waals surface area contributed by atoms with E-state index in [9.17, 15) is 4.79 Å². The van der Waals surface area contributed by atoms with Crippen LogP contribution in [-0.2, 0) is 6.54 Å². The molecule has 2 rings (SSSR count). The van der Waals surface area contributed by atoms with Crippen LogP contribution in [0.25, 0.3) is 0 Å². The van der Waals surface area contributed by atoms with Crippen LogP contribution in [0.2, 0.25) is 0 Å². The largest absolute Gasteiger partial charge is 0.372 e. The van der Waals surface area contributed by atoms with Gasteiger partial charge < -0.3 is 10.2 Å². The Morgan fingerprint density at radius 3 is 2.09 bits per heavy atom. The molecular formula is C19H24N2O. The Hall–Kier alpha value is -2.29. The van der Waals surface area contributed by atoms with Gasteiger partial charge in [-0.2, -0.15) is 0 Å². The van der Waals surface area contributed by atoms with Crippen molar-refractivity contribution >= 4 is 11.6 Å². The van der Waals surface area contributed by atoms with Gasteiger partial charge in [-0.05, 0) is 50.6 Å². The zero-order valence-corrected chi connectivity index (χ0v) is 13.6. The molecule has 0 bridgehead atoms. The maximum atomic E-state index is 12.2. The van der Waals surface area contributed by atoms with Gasteiger partial charge in [-0.15, -0.1) is 0 Å². The molecular weight excluding hydrogens is 272 g/mol. The minimum absolute atomic E-state index is 0.0355. The van der Waals surface area contributed by atoms with E-state index in [2.05, 4.69) is 43.1 Å². The number of rotatable bonds is 6. The zero-order chi connectivity index (χ0) is 15.9. The van der Waals surface area contributed by atoms with E-state index >= 15 is 0 Å². The highest BCUT2D eigenvalue weighted by Gasteiger charge is 2.07. The fourth-order valence-electron chi connectivity index (χ4n) is 2.40. The molecule has 3 heteroatoms. The number of amides is 1. The number of carbonyl (C=O) groups is 1. The third kappa shape index (κ3) is 4.10. The van der Waals surface area contributed by atoms with Crippen LogP contribution in [0.4, 0.5) is 5.69 Å². The lowest BCUT2D eigenvalue weighted by atomic mass is 10.1. The second-order valence-corrected chi connectivity index (χ2v) is 5.39. The fraction of sp³-hybridized carbons (Fsp3) is 0.316. The molecule has 2 aromatic carbocycles. The van der Waals surface area contributed by atoms with Gasteiger partial charge in [-0.1, -0.05) is 29.8 Å². The Morgan fingerprint density at radius 1 is 0.955 bits per heavy atom. The number of nitrogens with zero attached hydrogens (tertiary/aromatic N) is 1. The molecule has 3 nitrogen and oxygen atoms in total. The first kappa shape index (κ1) is 16.1. The van der Waals surface area contributed by atoms with Crippen LogP contribution < -0.4 is 10.2 Å². The van der Waals surface area contributed by atoms with E-state index < -0.39 is 0 Å². The minimum Gasteiger partial charge on any atom is -0.372 e. The Kier molecular flexibility index (Phi) is 5.59. The van der Waals surface area contributed by atoms with Crippen LogP contribution in [0.3, 0.4) is 0 Å². The van der Waals surface area contributed by atoms with Crippen LogP contribution in [0.15, 0.2) is 48.5 Å². The molecule has 1 amide bonds. The third-order valence-corrected chi connectivity index (χ3v) is 3.83. The molecule has 0 aliphatic rings. The predicted molar refractivity (Wildman–Crippen MR) is 92.4 cm³/mol. The summed E-state index contributed by atoms with van der Waals surface area (Å²) in [6.45, 7) is 8.80. The van der Waals surface area contributed by atoms with Gasteiger partial charge in [0.2, 0.25) is 0 Å². The van der Waals surface area contributed by atoms with Crippen molar-refractivity contribution in [3.63, 3.8) is 0 Å². The molecule has 0 atom stereocenters. The van der Waals surface area contributed by atoms with E-state index in [1.165, 1.54) is 5.56 Å². The van der Waals surface area contributed by atoms with E-state index in [4.69, 9.17) is 0 Å². The SMILES string of the molecule is CCN(CC)c1ccc(C(=O)NCc2ccc(C)cc2)cc1. The van der Waals surface area contributed by atoms with E-state index in [-0.39, 0.29) is 5.91 Å². The lowest BCUT2D eigenvalue weighted by Crippen LogP contribution is -2.24. The summed E-state index contributed by atoms with van der Waals surface area (Å²) in [6.07, 6.45) is 0. The number of carbonyl (C=O) groups excluding carboxylic acids is 1. The standard InChI is InChI=1S/C19H24N2O/c1-4-21(5-2)18-12-10-17(11-13-18)19(22)20-14-16-8-6-15(3)7-9-16/h6-13H,4-5,14H2,1-3H3,(H,20,22). The lowest BCUT2D eigenvalue weighted by Gasteiger charge is -2.21. The fourth-order valence-corrected chi connectivity index (χ4v) is 2.40. The van der Waals surface area contributed by atoms with E-state index in [1.807, 2.05) is 36.4 Å². The van der Waals surface area contributed by atoms with Gasteiger partial charge in [0, 0.05) is 30.9 Å². The molecule has 0 unspecified atom stereocenters. The van der Waals surface area contributed by atoms with Crippen LogP contribution in [0, 0.1) is 6.92 Å². The van der Waals surface area contributed by atoms with E-state index in [1.54, 1.807) is 0 Å². The number of hydrogen-bond acceptors (Lipinski definition) is 2. The molecule has 1 N–H and O–H groups in total. The van der Waals surface area contributed by atoms with Gasteiger partial charge in [0.25, 0.3) is 5.91 Å². The third-order valence-electron chi connectivity index (χ3n) is 3.83. The maximum absolute atomic E-state index is 12.2. The summed E-state index contributed by atoms with van der Waals surface area (Å²) >= 11 is 0. The van der Waals surface area contributed by atoms with Gasteiger partial charge in [0.1, 0.15) is 0 Å². The Labute approximate surface area is 133 Å². The van der Waals surface area contributed by atoms with Crippen LogP contribution in [0.5, 0.6) is 0 Å². The zero-order valence-electron chi connectivity index (χ0n) is 13.6. The molecule has 0 spiro atoms. The first-order valence-corrected chi connectivity index (χ1v) is 7.82. The monoisotopic (exact) mass is 296 g/mol. The van der Waals surface area contributed by atoms with Crippen molar-refractivity contribution in [2.45, 2.75) is 27.3 Å². The molecule has 0 radical (unpaired) electrons. The minimum atomic E-state index is -0.0355. The summed E-state index contributed by atoms with van der Waals surface area (Å²) in [7, 11) is 0. The van der Waals surface area contributed by atoms with Gasteiger partial charge >= 0.3 is 0 Å². The number of aryl methyl sites for hydroxylation is 1. The Bertz CT molecular complexity index is 598. The second-order valence-electron chi connectivity index (χ2n) is 5.39. The van der Waals surface area contributed by atoms with Crippen LogP contribution in [0.1, 0.15) is 35.3 Å². The Morgan fingerprint density at radius 2 is 1.55 bits per heavy atom. The van der Waals surface area contributed by atoms with Crippen molar-refractivity contribution in [2.75, 3.05) is 18.0 Å². The number of benzene rings is 2. The average molecular weight is 296 g/mol. The number of hydrogen-bond donors (Lipinski definition) is 1. The molecule has 0 saturated carbocycles. The van der Waals surface area contributed by atoms with Crippen LogP contribution >= 0.6 is 0 Å². The number of nitrogens with one attached hydrogen (secondary N) is 1. The van der Waals surface area contributed by atoms with Gasteiger partial charge in [-0.25, -0.2) is 0 Å². The molecule has 2 aromatic rings. The van der Waals surface area contributed by atoms with E-state index in [0.29, 0.717) is 12.1 Å². The molecule has 22 heavy (non-hydrogen) atoms. The Balaban J connectivity index is 1.96. The summed E-state index contributed by atoms with van der Waals surface area (Å²) < 4.78 is 0. The molecule has 0 aliphatic carbocycles. The van der Waals surface area contributed by atoms with Gasteiger partial charge in [-0.3, -0.25) is 4.79 Å². The first-order valence-electron chi connectivity index (χ1n) is 7.82. The normalized spacial score (nSPS) is 10.3. The summed E-state index contributed by atoms with van der Waals surface area (Å²) in [5.41, 5.74) is 4.18. The lowest BCUT2D eigenvalue weighted by molar-refractivity contribution is 0.0951. The highest BCUT2D eigenvalue weighted by Crippen LogP contribution is 2.15. The van der Waals surface area contributed by atoms with Crippen molar-refractivity contribution in [1.29, 1.82) is 0 Å². The summed E-state index contributed by atoms with van der Waals surface area (Å²) in [5.74, 6) is -0.0355. The van der Waals surface area contributed by atoms with E-state index in [0.717, 1.165) is 24.3 Å².